The summed E-state index contributed by atoms with van der Waals surface area (Å²) in [7, 11) is 1.64. The number of methoxy groups -OCH3 is 1. The Balaban J connectivity index is 1.94. The summed E-state index contributed by atoms with van der Waals surface area (Å²) in [5, 5.41) is 3.40. The lowest BCUT2D eigenvalue weighted by molar-refractivity contribution is 0.390. The first-order valence-electron chi connectivity index (χ1n) is 6.14. The zero-order valence-electron chi connectivity index (χ0n) is 11.1. The molecule has 0 aliphatic heterocycles. The highest BCUT2D eigenvalue weighted by molar-refractivity contribution is 9.10. The van der Waals surface area contributed by atoms with Crippen molar-refractivity contribution in [3.05, 3.63) is 57.7 Å². The van der Waals surface area contributed by atoms with Gasteiger partial charge in [-0.25, -0.2) is 4.98 Å². The third-order valence-corrected chi connectivity index (χ3v) is 3.78. The summed E-state index contributed by atoms with van der Waals surface area (Å²) < 4.78 is 6.37. The number of hydrogen-bond donors (Lipinski definition) is 1. The van der Waals surface area contributed by atoms with Crippen LogP contribution in [0.3, 0.4) is 0 Å². The molecule has 0 aliphatic rings. The average molecular weight is 321 g/mol. The molecule has 0 saturated heterocycles. The van der Waals surface area contributed by atoms with E-state index in [1.165, 1.54) is 11.1 Å². The van der Waals surface area contributed by atoms with Crippen molar-refractivity contribution in [2.75, 3.05) is 7.11 Å². The minimum Gasteiger partial charge on any atom is -0.481 e. The molecule has 2 rings (SSSR count). The lowest BCUT2D eigenvalue weighted by Crippen LogP contribution is -2.13. The van der Waals surface area contributed by atoms with Crippen LogP contribution in [0.1, 0.15) is 16.7 Å². The SMILES string of the molecule is COc1ncccc1CNCc1ccc(C)c(Br)c1. The molecule has 19 heavy (non-hydrogen) atoms. The van der Waals surface area contributed by atoms with Crippen LogP contribution in [-0.4, -0.2) is 12.1 Å². The summed E-state index contributed by atoms with van der Waals surface area (Å²) in [5.74, 6) is 0.681. The van der Waals surface area contributed by atoms with Crippen LogP contribution in [0.5, 0.6) is 5.88 Å². The Morgan fingerprint density at radius 2 is 2.11 bits per heavy atom. The predicted molar refractivity (Wildman–Crippen MR) is 80.2 cm³/mol. The van der Waals surface area contributed by atoms with Gasteiger partial charge in [-0.2, -0.15) is 0 Å². The normalized spacial score (nSPS) is 10.5. The third kappa shape index (κ3) is 3.78. The van der Waals surface area contributed by atoms with Crippen molar-refractivity contribution in [3.63, 3.8) is 0 Å². The van der Waals surface area contributed by atoms with Gasteiger partial charge in [-0.05, 0) is 30.2 Å². The van der Waals surface area contributed by atoms with E-state index >= 15 is 0 Å². The highest BCUT2D eigenvalue weighted by atomic mass is 79.9. The maximum Gasteiger partial charge on any atom is 0.217 e. The van der Waals surface area contributed by atoms with E-state index in [0.717, 1.165) is 23.1 Å². The molecule has 2 aromatic rings. The van der Waals surface area contributed by atoms with Crippen molar-refractivity contribution in [2.24, 2.45) is 0 Å². The van der Waals surface area contributed by atoms with E-state index in [4.69, 9.17) is 4.74 Å². The molecule has 4 heteroatoms. The van der Waals surface area contributed by atoms with E-state index in [9.17, 15) is 0 Å². The van der Waals surface area contributed by atoms with Crippen LogP contribution in [0.2, 0.25) is 0 Å². The van der Waals surface area contributed by atoms with Crippen molar-refractivity contribution in [3.8, 4) is 5.88 Å². The number of aromatic nitrogens is 1. The van der Waals surface area contributed by atoms with Gasteiger partial charge in [0.1, 0.15) is 0 Å². The molecule has 1 aromatic carbocycles. The van der Waals surface area contributed by atoms with E-state index in [-0.39, 0.29) is 0 Å². The van der Waals surface area contributed by atoms with Gasteiger partial charge in [-0.1, -0.05) is 34.1 Å². The number of pyridine rings is 1. The maximum absolute atomic E-state index is 5.22. The molecule has 0 radical (unpaired) electrons. The number of halogens is 1. The van der Waals surface area contributed by atoms with Crippen molar-refractivity contribution in [1.29, 1.82) is 0 Å². The van der Waals surface area contributed by atoms with Gasteiger partial charge in [-0.3, -0.25) is 0 Å². The minimum atomic E-state index is 0.681. The highest BCUT2D eigenvalue weighted by Gasteiger charge is 2.03. The number of rotatable bonds is 5. The Labute approximate surface area is 122 Å². The van der Waals surface area contributed by atoms with E-state index in [1.807, 2.05) is 12.1 Å². The minimum absolute atomic E-state index is 0.681. The first-order chi connectivity index (χ1) is 9.20. The molecule has 1 aromatic heterocycles. The summed E-state index contributed by atoms with van der Waals surface area (Å²) in [6.45, 7) is 3.64. The summed E-state index contributed by atoms with van der Waals surface area (Å²) in [6, 6.07) is 10.3. The van der Waals surface area contributed by atoms with Crippen LogP contribution in [0.25, 0.3) is 0 Å². The molecule has 1 N–H and O–H groups in total. The molecule has 0 saturated carbocycles. The van der Waals surface area contributed by atoms with E-state index in [2.05, 4.69) is 51.4 Å². The van der Waals surface area contributed by atoms with Crippen LogP contribution < -0.4 is 10.1 Å². The molecule has 0 atom stereocenters. The Hall–Kier alpha value is -1.39. The van der Waals surface area contributed by atoms with Crippen LogP contribution in [-0.2, 0) is 13.1 Å². The quantitative estimate of drug-likeness (QED) is 0.916. The second-order valence-electron chi connectivity index (χ2n) is 4.36. The fraction of sp³-hybridized carbons (Fsp3) is 0.267. The summed E-state index contributed by atoms with van der Waals surface area (Å²) in [4.78, 5) is 4.18. The summed E-state index contributed by atoms with van der Waals surface area (Å²) >= 11 is 3.55. The van der Waals surface area contributed by atoms with Crippen LogP contribution in [0.4, 0.5) is 0 Å². The second-order valence-corrected chi connectivity index (χ2v) is 5.21. The fourth-order valence-corrected chi connectivity index (χ4v) is 2.26. The van der Waals surface area contributed by atoms with E-state index in [0.29, 0.717) is 5.88 Å². The van der Waals surface area contributed by atoms with Gasteiger partial charge in [0.05, 0.1) is 7.11 Å². The smallest absolute Gasteiger partial charge is 0.217 e. The van der Waals surface area contributed by atoms with Gasteiger partial charge < -0.3 is 10.1 Å². The van der Waals surface area contributed by atoms with Crippen molar-refractivity contribution >= 4 is 15.9 Å². The van der Waals surface area contributed by atoms with Crippen LogP contribution >= 0.6 is 15.9 Å². The molecule has 0 fully saturated rings. The summed E-state index contributed by atoms with van der Waals surface area (Å²) in [6.07, 6.45) is 1.74. The lowest BCUT2D eigenvalue weighted by atomic mass is 10.1. The Morgan fingerprint density at radius 3 is 2.84 bits per heavy atom. The molecule has 0 spiro atoms. The van der Waals surface area contributed by atoms with Gasteiger partial charge in [0.15, 0.2) is 0 Å². The zero-order chi connectivity index (χ0) is 13.7. The molecule has 0 amide bonds. The third-order valence-electron chi connectivity index (χ3n) is 2.92. The number of benzene rings is 1. The molecular formula is C15H17BrN2O. The van der Waals surface area contributed by atoms with Crippen LogP contribution in [0.15, 0.2) is 41.0 Å². The standard InChI is InChI=1S/C15H17BrN2O/c1-11-5-6-12(8-14(11)16)9-17-10-13-4-3-7-18-15(13)19-2/h3-8,17H,9-10H2,1-2H3. The monoisotopic (exact) mass is 320 g/mol. The second kappa shape index (κ2) is 6.68. The molecule has 3 nitrogen and oxygen atoms in total. The van der Waals surface area contributed by atoms with E-state index < -0.39 is 0 Å². The molecular weight excluding hydrogens is 304 g/mol. The Morgan fingerprint density at radius 1 is 1.26 bits per heavy atom. The number of ether oxygens (including phenoxy) is 1. The number of hydrogen-bond acceptors (Lipinski definition) is 3. The van der Waals surface area contributed by atoms with Gasteiger partial charge in [-0.15, -0.1) is 0 Å². The fourth-order valence-electron chi connectivity index (χ4n) is 1.83. The van der Waals surface area contributed by atoms with Gasteiger partial charge in [0.25, 0.3) is 0 Å². The maximum atomic E-state index is 5.22. The molecule has 100 valence electrons. The highest BCUT2D eigenvalue weighted by Crippen LogP contribution is 2.18. The first-order valence-corrected chi connectivity index (χ1v) is 6.93. The lowest BCUT2D eigenvalue weighted by Gasteiger charge is -2.09. The Bertz CT molecular complexity index is 558. The zero-order valence-corrected chi connectivity index (χ0v) is 12.7. The summed E-state index contributed by atoms with van der Waals surface area (Å²) in [5.41, 5.74) is 3.56. The number of nitrogens with zero attached hydrogens (tertiary/aromatic N) is 1. The number of aryl methyl sites for hydroxylation is 1. The topological polar surface area (TPSA) is 34.1 Å². The van der Waals surface area contributed by atoms with Crippen molar-refractivity contribution in [1.82, 2.24) is 10.3 Å². The first kappa shape index (κ1) is 14.0. The van der Waals surface area contributed by atoms with Crippen molar-refractivity contribution in [2.45, 2.75) is 20.0 Å². The average Bonchev–Trinajstić information content (AvgIpc) is 2.43. The van der Waals surface area contributed by atoms with Gasteiger partial charge in [0.2, 0.25) is 5.88 Å². The van der Waals surface area contributed by atoms with Crippen LogP contribution in [0, 0.1) is 6.92 Å². The largest absolute Gasteiger partial charge is 0.481 e. The predicted octanol–water partition coefficient (Wildman–Crippen LogP) is 3.45. The molecule has 1 heterocycles. The van der Waals surface area contributed by atoms with Gasteiger partial charge >= 0.3 is 0 Å². The molecule has 0 aliphatic carbocycles. The molecule has 0 bridgehead atoms. The molecule has 0 unspecified atom stereocenters. The van der Waals surface area contributed by atoms with Gasteiger partial charge in [0, 0.05) is 29.3 Å². The van der Waals surface area contributed by atoms with E-state index in [1.54, 1.807) is 13.3 Å². The van der Waals surface area contributed by atoms with Crippen molar-refractivity contribution < 1.29 is 4.74 Å². The Kier molecular flexibility index (Phi) is 4.93. The number of nitrogens with one attached hydrogen (secondary N) is 1.